The quantitative estimate of drug-likeness (QED) is 0.376. The fraction of sp³-hybridized carbons (Fsp3) is 0.417. The summed E-state index contributed by atoms with van der Waals surface area (Å²) in [5.74, 6) is 0.267. The Morgan fingerprint density at radius 1 is 1.06 bits per heavy atom. The first-order valence-electron chi connectivity index (χ1n) is 11.5. The van der Waals surface area contributed by atoms with Gasteiger partial charge in [-0.05, 0) is 67.4 Å². The third kappa shape index (κ3) is 5.81. The predicted octanol–water partition coefficient (Wildman–Crippen LogP) is 3.79. The molecule has 0 aromatic heterocycles. The van der Waals surface area contributed by atoms with Crippen molar-refractivity contribution in [1.82, 2.24) is 5.32 Å². The van der Waals surface area contributed by atoms with Crippen LogP contribution in [0.1, 0.15) is 30.1 Å². The number of thiocarbonyl (C=S) groups is 1. The van der Waals surface area contributed by atoms with E-state index in [0.717, 1.165) is 24.7 Å². The summed E-state index contributed by atoms with van der Waals surface area (Å²) in [5.41, 5.74) is 2.46. The highest BCUT2D eigenvalue weighted by atomic mass is 32.1. The van der Waals surface area contributed by atoms with Crippen LogP contribution in [0.4, 0.5) is 22.7 Å². The second kappa shape index (κ2) is 10.8. The number of nitrogens with zero attached hydrogens (tertiary/aromatic N) is 3. The topological polar surface area (TPSA) is 100.0 Å². The zero-order valence-electron chi connectivity index (χ0n) is 19.2. The summed E-state index contributed by atoms with van der Waals surface area (Å²) < 4.78 is 5.32. The standard InChI is InChI=1S/C24H29N5O4S/c1-17-8-10-27(11-9-17)20-5-3-19(4-6-20)25-24(34)26-23(30)18-2-7-21(22(16-18)29(31)32)28-12-14-33-15-13-28/h2-7,16-17H,8-15H2,1H3,(H2,25,26,30,34). The number of piperidine rings is 1. The molecule has 2 aromatic rings. The third-order valence-electron chi connectivity index (χ3n) is 6.29. The van der Waals surface area contributed by atoms with Crippen molar-refractivity contribution in [2.75, 3.05) is 54.5 Å². The summed E-state index contributed by atoms with van der Waals surface area (Å²) in [6, 6.07) is 12.4. The number of morpholine rings is 1. The molecule has 0 radical (unpaired) electrons. The first-order valence-corrected chi connectivity index (χ1v) is 11.9. The normalized spacial score (nSPS) is 16.7. The van der Waals surface area contributed by atoms with E-state index >= 15 is 0 Å². The monoisotopic (exact) mass is 483 g/mol. The van der Waals surface area contributed by atoms with Gasteiger partial charge in [-0.1, -0.05) is 6.92 Å². The molecule has 0 bridgehead atoms. The summed E-state index contributed by atoms with van der Waals surface area (Å²) in [4.78, 5) is 28.1. The molecule has 1 amide bonds. The smallest absolute Gasteiger partial charge is 0.293 e. The molecule has 180 valence electrons. The lowest BCUT2D eigenvalue weighted by Gasteiger charge is -2.32. The molecule has 0 saturated carbocycles. The van der Waals surface area contributed by atoms with Crippen molar-refractivity contribution in [3.8, 4) is 0 Å². The van der Waals surface area contributed by atoms with Crippen LogP contribution < -0.4 is 20.4 Å². The van der Waals surface area contributed by atoms with Gasteiger partial charge in [0.05, 0.1) is 18.1 Å². The summed E-state index contributed by atoms with van der Waals surface area (Å²) in [6.45, 7) is 6.55. The number of carbonyl (C=O) groups is 1. The second-order valence-corrected chi connectivity index (χ2v) is 9.09. The Labute approximate surface area is 204 Å². The lowest BCUT2D eigenvalue weighted by Crippen LogP contribution is -2.37. The van der Waals surface area contributed by atoms with Gasteiger partial charge in [-0.2, -0.15) is 0 Å². The number of hydrogen-bond acceptors (Lipinski definition) is 7. The molecule has 2 aliphatic rings. The van der Waals surface area contributed by atoms with Gasteiger partial charge in [0.1, 0.15) is 5.69 Å². The highest BCUT2D eigenvalue weighted by Gasteiger charge is 2.23. The number of nitrogens with one attached hydrogen (secondary N) is 2. The zero-order valence-corrected chi connectivity index (χ0v) is 20.0. The van der Waals surface area contributed by atoms with Crippen molar-refractivity contribution in [3.63, 3.8) is 0 Å². The minimum Gasteiger partial charge on any atom is -0.378 e. The van der Waals surface area contributed by atoms with Crippen molar-refractivity contribution < 1.29 is 14.5 Å². The van der Waals surface area contributed by atoms with Gasteiger partial charge in [0.15, 0.2) is 5.11 Å². The molecule has 2 N–H and O–H groups in total. The Kier molecular flexibility index (Phi) is 7.59. The first kappa shape index (κ1) is 23.9. The summed E-state index contributed by atoms with van der Waals surface area (Å²) >= 11 is 5.29. The number of amides is 1. The maximum absolute atomic E-state index is 12.7. The van der Waals surface area contributed by atoms with Gasteiger partial charge < -0.3 is 19.9 Å². The van der Waals surface area contributed by atoms with Crippen LogP contribution in [0.3, 0.4) is 0 Å². The second-order valence-electron chi connectivity index (χ2n) is 8.68. The average molecular weight is 484 g/mol. The Morgan fingerprint density at radius 2 is 1.74 bits per heavy atom. The largest absolute Gasteiger partial charge is 0.378 e. The molecular weight excluding hydrogens is 454 g/mol. The average Bonchev–Trinajstić information content (AvgIpc) is 2.85. The van der Waals surface area contributed by atoms with E-state index in [2.05, 4.69) is 22.5 Å². The van der Waals surface area contributed by atoms with Gasteiger partial charge in [0.2, 0.25) is 0 Å². The maximum Gasteiger partial charge on any atom is 0.293 e. The molecule has 2 heterocycles. The fourth-order valence-electron chi connectivity index (χ4n) is 4.24. The van der Waals surface area contributed by atoms with Gasteiger partial charge in [-0.3, -0.25) is 20.2 Å². The van der Waals surface area contributed by atoms with Crippen molar-refractivity contribution in [3.05, 3.63) is 58.1 Å². The number of nitro benzene ring substituents is 1. The molecule has 2 aliphatic heterocycles. The molecular formula is C24H29N5O4S. The zero-order chi connectivity index (χ0) is 24.1. The summed E-state index contributed by atoms with van der Waals surface area (Å²) in [5, 5.41) is 17.4. The van der Waals surface area contributed by atoms with Crippen LogP contribution in [0, 0.1) is 16.0 Å². The van der Waals surface area contributed by atoms with E-state index in [1.54, 1.807) is 12.1 Å². The van der Waals surface area contributed by atoms with Gasteiger partial charge >= 0.3 is 0 Å². The van der Waals surface area contributed by atoms with Gasteiger partial charge in [0, 0.05) is 49.2 Å². The van der Waals surface area contributed by atoms with Gasteiger partial charge in [0.25, 0.3) is 11.6 Å². The van der Waals surface area contributed by atoms with E-state index in [4.69, 9.17) is 17.0 Å². The molecule has 2 aromatic carbocycles. The molecule has 2 fully saturated rings. The Balaban J connectivity index is 1.37. The maximum atomic E-state index is 12.7. The number of rotatable bonds is 5. The molecule has 10 heteroatoms. The third-order valence-corrected chi connectivity index (χ3v) is 6.49. The van der Waals surface area contributed by atoms with E-state index in [1.807, 2.05) is 29.2 Å². The molecule has 0 spiro atoms. The highest BCUT2D eigenvalue weighted by Crippen LogP contribution is 2.30. The Hall–Kier alpha value is -3.24. The SMILES string of the molecule is CC1CCN(c2ccc(NC(=S)NC(=O)c3ccc(N4CCOCC4)c([N+](=O)[O-])c3)cc2)CC1. The first-order chi connectivity index (χ1) is 16.4. The van der Waals surface area contributed by atoms with Crippen LogP contribution >= 0.6 is 12.2 Å². The molecule has 0 atom stereocenters. The van der Waals surface area contributed by atoms with E-state index in [0.29, 0.717) is 32.0 Å². The van der Waals surface area contributed by atoms with Gasteiger partial charge in [-0.25, -0.2) is 0 Å². The number of carbonyl (C=O) groups excluding carboxylic acids is 1. The van der Waals surface area contributed by atoms with Crippen molar-refractivity contribution in [2.24, 2.45) is 5.92 Å². The minimum absolute atomic E-state index is 0.115. The van der Waals surface area contributed by atoms with Crippen LogP contribution in [0.15, 0.2) is 42.5 Å². The highest BCUT2D eigenvalue weighted by molar-refractivity contribution is 7.80. The minimum atomic E-state index is -0.506. The number of nitro groups is 1. The molecule has 0 unspecified atom stereocenters. The predicted molar refractivity (Wildman–Crippen MR) is 137 cm³/mol. The fourth-order valence-corrected chi connectivity index (χ4v) is 4.45. The molecule has 9 nitrogen and oxygen atoms in total. The Morgan fingerprint density at radius 3 is 2.38 bits per heavy atom. The Bertz CT molecular complexity index is 1050. The molecule has 0 aliphatic carbocycles. The van der Waals surface area contributed by atoms with E-state index in [9.17, 15) is 14.9 Å². The van der Waals surface area contributed by atoms with Crippen LogP contribution in [-0.2, 0) is 4.74 Å². The molecule has 2 saturated heterocycles. The lowest BCUT2D eigenvalue weighted by atomic mass is 9.99. The number of ether oxygens (including phenoxy) is 1. The van der Waals surface area contributed by atoms with E-state index < -0.39 is 10.8 Å². The lowest BCUT2D eigenvalue weighted by molar-refractivity contribution is -0.384. The number of hydrogen-bond donors (Lipinski definition) is 2. The number of anilines is 3. The van der Waals surface area contributed by atoms with Gasteiger partial charge in [-0.15, -0.1) is 0 Å². The van der Waals surface area contributed by atoms with Crippen LogP contribution in [0.25, 0.3) is 0 Å². The summed E-state index contributed by atoms with van der Waals surface area (Å²) in [6.07, 6.45) is 2.39. The molecule has 34 heavy (non-hydrogen) atoms. The molecule has 4 rings (SSSR count). The van der Waals surface area contributed by atoms with Crippen LogP contribution in [0.2, 0.25) is 0 Å². The summed E-state index contributed by atoms with van der Waals surface area (Å²) in [7, 11) is 0. The van der Waals surface area contributed by atoms with E-state index in [1.165, 1.54) is 24.6 Å². The van der Waals surface area contributed by atoms with Crippen LogP contribution in [-0.4, -0.2) is 55.3 Å². The van der Waals surface area contributed by atoms with Crippen molar-refractivity contribution >= 4 is 46.0 Å². The van der Waals surface area contributed by atoms with Crippen molar-refractivity contribution in [1.29, 1.82) is 0 Å². The van der Waals surface area contributed by atoms with Crippen LogP contribution in [0.5, 0.6) is 0 Å². The van der Waals surface area contributed by atoms with Crippen molar-refractivity contribution in [2.45, 2.75) is 19.8 Å². The number of benzene rings is 2. The van der Waals surface area contributed by atoms with E-state index in [-0.39, 0.29) is 16.4 Å².